The van der Waals surface area contributed by atoms with Crippen LogP contribution in [0.3, 0.4) is 0 Å². The van der Waals surface area contributed by atoms with Gasteiger partial charge < -0.3 is 19.5 Å². The van der Waals surface area contributed by atoms with Crippen molar-refractivity contribution in [1.29, 1.82) is 0 Å². The van der Waals surface area contributed by atoms with Crippen molar-refractivity contribution in [1.82, 2.24) is 24.9 Å². The van der Waals surface area contributed by atoms with E-state index in [1.807, 2.05) is 6.92 Å². The summed E-state index contributed by atoms with van der Waals surface area (Å²) in [5.74, 6) is -1.55. The summed E-state index contributed by atoms with van der Waals surface area (Å²) in [5, 5.41) is 17.2. The molecule has 1 aliphatic carbocycles. The molecule has 0 bridgehead atoms. The minimum Gasteiger partial charge on any atom is -0.488 e. The summed E-state index contributed by atoms with van der Waals surface area (Å²) < 4.78 is 40.2. The first-order valence-electron chi connectivity index (χ1n) is 11.2. The molecule has 12 heteroatoms. The molecular weight excluding hydrogens is 452 g/mol. The highest BCUT2D eigenvalue weighted by Crippen LogP contribution is 2.34. The molecule has 1 fully saturated rings. The molecule has 186 valence electrons. The maximum absolute atomic E-state index is 13.9. The number of pyridine rings is 1. The lowest BCUT2D eigenvalue weighted by atomic mass is 9.87. The van der Waals surface area contributed by atoms with E-state index in [1.165, 1.54) is 21.7 Å². The van der Waals surface area contributed by atoms with Gasteiger partial charge in [0.25, 0.3) is 6.43 Å². The number of rotatable bonds is 9. The van der Waals surface area contributed by atoms with E-state index >= 15 is 0 Å². The molecule has 1 N–H and O–H groups in total. The molecule has 0 aliphatic heterocycles. The number of hydrogen-bond acceptors (Lipinski definition) is 7. The Balaban J connectivity index is 1.80. The van der Waals surface area contributed by atoms with Crippen molar-refractivity contribution >= 4 is 12.1 Å². The Kier molecular flexibility index (Phi) is 8.35. The third-order valence-electron chi connectivity index (χ3n) is 5.75. The molecule has 0 radical (unpaired) electrons. The summed E-state index contributed by atoms with van der Waals surface area (Å²) in [5.41, 5.74) is 0.184. The normalized spacial score (nSPS) is 18.1. The third-order valence-corrected chi connectivity index (χ3v) is 5.75. The topological polar surface area (TPSA) is 120 Å². The summed E-state index contributed by atoms with van der Waals surface area (Å²) >= 11 is 0. The minimum atomic E-state index is -2.92. The van der Waals surface area contributed by atoms with Crippen LogP contribution in [0, 0.1) is 5.92 Å². The highest BCUT2D eigenvalue weighted by molar-refractivity contribution is 5.70. The van der Waals surface area contributed by atoms with E-state index in [9.17, 15) is 23.5 Å². The molecule has 1 aliphatic rings. The molecule has 2 aromatic heterocycles. The maximum Gasteiger partial charge on any atom is 0.409 e. The van der Waals surface area contributed by atoms with Crippen molar-refractivity contribution in [2.45, 2.75) is 58.2 Å². The van der Waals surface area contributed by atoms with Gasteiger partial charge in [0.1, 0.15) is 29.4 Å². The van der Waals surface area contributed by atoms with Crippen molar-refractivity contribution in [3.8, 4) is 17.1 Å². The summed E-state index contributed by atoms with van der Waals surface area (Å²) in [6.45, 7) is 2.31. The number of aliphatic carboxylic acids is 1. The van der Waals surface area contributed by atoms with E-state index in [1.54, 1.807) is 14.1 Å². The lowest BCUT2D eigenvalue weighted by Gasteiger charge is -2.27. The number of halogens is 2. The van der Waals surface area contributed by atoms with Crippen molar-refractivity contribution in [2.24, 2.45) is 13.0 Å². The number of carboxylic acids is 1. The number of alkyl halides is 2. The van der Waals surface area contributed by atoms with Gasteiger partial charge in [-0.05, 0) is 44.2 Å². The van der Waals surface area contributed by atoms with Gasteiger partial charge in [-0.1, -0.05) is 12.1 Å². The van der Waals surface area contributed by atoms with Crippen LogP contribution >= 0.6 is 0 Å². The van der Waals surface area contributed by atoms with Crippen molar-refractivity contribution in [2.75, 3.05) is 13.6 Å². The first-order chi connectivity index (χ1) is 16.2. The first-order valence-corrected chi connectivity index (χ1v) is 11.2. The highest BCUT2D eigenvalue weighted by Gasteiger charge is 2.30. The van der Waals surface area contributed by atoms with Crippen molar-refractivity contribution < 1.29 is 33.0 Å². The van der Waals surface area contributed by atoms with Crippen LogP contribution < -0.4 is 4.74 Å². The van der Waals surface area contributed by atoms with Gasteiger partial charge in [0.2, 0.25) is 0 Å². The van der Waals surface area contributed by atoms with Crippen LogP contribution in [0.15, 0.2) is 12.1 Å². The predicted molar refractivity (Wildman–Crippen MR) is 116 cm³/mol. The van der Waals surface area contributed by atoms with Gasteiger partial charge in [0, 0.05) is 20.6 Å². The lowest BCUT2D eigenvalue weighted by Crippen LogP contribution is -2.29. The van der Waals surface area contributed by atoms with Crippen LogP contribution in [0.25, 0.3) is 11.4 Å². The number of carboxylic acid groups (broad SMARTS) is 1. The third kappa shape index (κ3) is 5.97. The molecule has 0 spiro atoms. The Labute approximate surface area is 195 Å². The van der Waals surface area contributed by atoms with Gasteiger partial charge in [-0.25, -0.2) is 23.2 Å². The summed E-state index contributed by atoms with van der Waals surface area (Å²) in [4.78, 5) is 28.9. The van der Waals surface area contributed by atoms with E-state index < -0.39 is 36.2 Å². The molecule has 1 amide bonds. The average molecular weight is 482 g/mol. The van der Waals surface area contributed by atoms with E-state index in [2.05, 4.69) is 15.3 Å². The molecule has 0 aromatic carbocycles. The Hall–Kier alpha value is -3.31. The van der Waals surface area contributed by atoms with E-state index in [0.717, 1.165) is 6.42 Å². The number of aryl methyl sites for hydroxylation is 1. The largest absolute Gasteiger partial charge is 0.488 e. The van der Waals surface area contributed by atoms with Gasteiger partial charge in [0.05, 0.1) is 17.7 Å². The maximum atomic E-state index is 13.9. The van der Waals surface area contributed by atoms with Crippen molar-refractivity contribution in [3.63, 3.8) is 0 Å². The standard InChI is InChI=1S/C22H29F2N5O5/c1-4-10-28(2)22(32)33-12-16-18(26-27-29(16)3)15-8-9-17(19(25-15)20(23)24)34-14-7-5-6-13(11-14)21(30)31/h8-9,13-14,20H,4-7,10-12H2,1-3H3,(H,30,31)/t13-,14-/m0/s1. The number of ether oxygens (including phenoxy) is 2. The predicted octanol–water partition coefficient (Wildman–Crippen LogP) is 3.82. The highest BCUT2D eigenvalue weighted by atomic mass is 19.3. The van der Waals surface area contributed by atoms with Gasteiger partial charge in [-0.3, -0.25) is 4.79 Å². The van der Waals surface area contributed by atoms with Crippen LogP contribution in [0.4, 0.5) is 13.6 Å². The molecule has 0 unspecified atom stereocenters. The molecular formula is C22H29F2N5O5. The summed E-state index contributed by atoms with van der Waals surface area (Å²) in [6.07, 6.45) is -1.12. The smallest absolute Gasteiger partial charge is 0.409 e. The SMILES string of the molecule is CCCN(C)C(=O)OCc1c(-c2ccc(O[C@H]3CCC[C@H](C(=O)O)C3)c(C(F)F)n2)nnn1C. The monoisotopic (exact) mass is 481 g/mol. The number of nitrogens with zero attached hydrogens (tertiary/aromatic N) is 5. The molecule has 10 nitrogen and oxygen atoms in total. The number of carbonyl (C=O) groups is 2. The Morgan fingerprint density at radius 2 is 2.09 bits per heavy atom. The van der Waals surface area contributed by atoms with Gasteiger partial charge in [-0.2, -0.15) is 0 Å². The molecule has 2 atom stereocenters. The van der Waals surface area contributed by atoms with Gasteiger partial charge >= 0.3 is 12.1 Å². The van der Waals surface area contributed by atoms with Crippen molar-refractivity contribution in [3.05, 3.63) is 23.5 Å². The van der Waals surface area contributed by atoms with Crippen LogP contribution in [0.2, 0.25) is 0 Å². The number of amides is 1. The summed E-state index contributed by atoms with van der Waals surface area (Å²) in [7, 11) is 3.22. The molecule has 0 saturated heterocycles. The van der Waals surface area contributed by atoms with Gasteiger partial charge in [0.15, 0.2) is 0 Å². The van der Waals surface area contributed by atoms with Crippen LogP contribution in [0.5, 0.6) is 5.75 Å². The zero-order chi connectivity index (χ0) is 24.8. The van der Waals surface area contributed by atoms with Gasteiger partial charge in [-0.15, -0.1) is 5.10 Å². The summed E-state index contributed by atoms with van der Waals surface area (Å²) in [6, 6.07) is 2.87. The second-order valence-electron chi connectivity index (χ2n) is 8.31. The average Bonchev–Trinajstić information content (AvgIpc) is 3.18. The quantitative estimate of drug-likeness (QED) is 0.574. The Morgan fingerprint density at radius 3 is 2.76 bits per heavy atom. The zero-order valence-corrected chi connectivity index (χ0v) is 19.4. The van der Waals surface area contributed by atoms with Crippen LogP contribution in [0.1, 0.15) is 56.8 Å². The molecule has 1 saturated carbocycles. The van der Waals surface area contributed by atoms with E-state index in [-0.39, 0.29) is 30.2 Å². The number of carbonyl (C=O) groups excluding carboxylic acids is 1. The second-order valence-corrected chi connectivity index (χ2v) is 8.31. The molecule has 2 heterocycles. The number of hydrogen-bond donors (Lipinski definition) is 1. The van der Waals surface area contributed by atoms with Crippen LogP contribution in [-0.2, 0) is 23.2 Å². The molecule has 34 heavy (non-hydrogen) atoms. The van der Waals surface area contributed by atoms with E-state index in [0.29, 0.717) is 31.5 Å². The number of aromatic nitrogens is 4. The lowest BCUT2D eigenvalue weighted by molar-refractivity contribution is -0.143. The van der Waals surface area contributed by atoms with Crippen LogP contribution in [-0.4, -0.2) is 61.7 Å². The van der Waals surface area contributed by atoms with E-state index in [4.69, 9.17) is 9.47 Å². The first kappa shape index (κ1) is 25.3. The zero-order valence-electron chi connectivity index (χ0n) is 19.4. The fourth-order valence-corrected chi connectivity index (χ4v) is 3.91. The molecule has 3 rings (SSSR count). The minimum absolute atomic E-state index is 0.0900. The molecule has 2 aromatic rings. The second kappa shape index (κ2) is 11.2. The fourth-order valence-electron chi connectivity index (χ4n) is 3.91. The fraction of sp³-hybridized carbons (Fsp3) is 0.591. The Bertz CT molecular complexity index is 1020. The Morgan fingerprint density at radius 1 is 1.32 bits per heavy atom.